The molecule has 0 amide bonds. The first-order valence-electron chi connectivity index (χ1n) is 9.29. The molecule has 0 unspecified atom stereocenters. The standard InChI is InChI=1S/C25H19ClO3/c1-17-24(19-9-11-20(26)12-10-19)25(27)22-14-13-21(16-23(22)29-17)28-15-5-8-18-6-3-2-4-7-18/h2-14,16H,15H2,1H3/b8-5+. The summed E-state index contributed by atoms with van der Waals surface area (Å²) in [6.45, 7) is 2.22. The molecule has 0 fully saturated rings. The fourth-order valence-corrected chi connectivity index (χ4v) is 3.34. The Morgan fingerprint density at radius 3 is 2.52 bits per heavy atom. The minimum absolute atomic E-state index is 0.0680. The van der Waals surface area contributed by atoms with Crippen molar-refractivity contribution in [3.63, 3.8) is 0 Å². The Balaban J connectivity index is 1.58. The van der Waals surface area contributed by atoms with Crippen LogP contribution in [0.2, 0.25) is 5.02 Å². The zero-order chi connectivity index (χ0) is 20.2. The van der Waals surface area contributed by atoms with Crippen LogP contribution in [0.25, 0.3) is 28.2 Å². The summed E-state index contributed by atoms with van der Waals surface area (Å²) in [6, 6.07) is 22.5. The third-order valence-electron chi connectivity index (χ3n) is 4.63. The van der Waals surface area contributed by atoms with E-state index in [2.05, 4.69) is 0 Å². The van der Waals surface area contributed by atoms with Crippen molar-refractivity contribution < 1.29 is 9.15 Å². The van der Waals surface area contributed by atoms with Gasteiger partial charge in [-0.25, -0.2) is 0 Å². The smallest absolute Gasteiger partial charge is 0.200 e. The van der Waals surface area contributed by atoms with Gasteiger partial charge in [0.1, 0.15) is 23.7 Å². The predicted octanol–water partition coefficient (Wildman–Crippen LogP) is 6.51. The Bertz CT molecular complexity index is 1220. The number of hydrogen-bond donors (Lipinski definition) is 0. The van der Waals surface area contributed by atoms with Gasteiger partial charge in [-0.1, -0.05) is 60.1 Å². The molecule has 144 valence electrons. The van der Waals surface area contributed by atoms with Gasteiger partial charge in [-0.05, 0) is 48.4 Å². The van der Waals surface area contributed by atoms with E-state index in [-0.39, 0.29) is 5.43 Å². The van der Waals surface area contributed by atoms with Gasteiger partial charge in [0, 0.05) is 11.1 Å². The number of rotatable bonds is 5. The van der Waals surface area contributed by atoms with E-state index in [1.165, 1.54) is 0 Å². The summed E-state index contributed by atoms with van der Waals surface area (Å²) in [5.74, 6) is 1.21. The van der Waals surface area contributed by atoms with E-state index in [1.807, 2.05) is 54.6 Å². The van der Waals surface area contributed by atoms with E-state index in [1.54, 1.807) is 37.3 Å². The van der Waals surface area contributed by atoms with Crippen molar-refractivity contribution >= 4 is 28.6 Å². The molecule has 0 radical (unpaired) electrons. The summed E-state index contributed by atoms with van der Waals surface area (Å²) < 4.78 is 11.7. The van der Waals surface area contributed by atoms with Crippen molar-refractivity contribution in [2.75, 3.05) is 6.61 Å². The first kappa shape index (κ1) is 19.0. The highest BCUT2D eigenvalue weighted by Crippen LogP contribution is 2.27. The molecule has 0 atom stereocenters. The van der Waals surface area contributed by atoms with E-state index < -0.39 is 0 Å². The molecule has 3 aromatic carbocycles. The number of aryl methyl sites for hydroxylation is 1. The first-order valence-corrected chi connectivity index (χ1v) is 9.67. The second kappa shape index (κ2) is 8.38. The fraction of sp³-hybridized carbons (Fsp3) is 0.0800. The van der Waals surface area contributed by atoms with Crippen molar-refractivity contribution in [2.24, 2.45) is 0 Å². The molecule has 0 aliphatic rings. The number of ether oxygens (including phenoxy) is 1. The lowest BCUT2D eigenvalue weighted by molar-refractivity contribution is 0.363. The first-order chi connectivity index (χ1) is 14.1. The fourth-order valence-electron chi connectivity index (χ4n) is 3.22. The minimum Gasteiger partial charge on any atom is -0.489 e. The molecule has 0 bridgehead atoms. The average Bonchev–Trinajstić information content (AvgIpc) is 2.73. The Kier molecular flexibility index (Phi) is 5.50. The molecule has 4 heteroatoms. The lowest BCUT2D eigenvalue weighted by atomic mass is 10.0. The molecule has 0 aliphatic heterocycles. The molecule has 1 aromatic heterocycles. The SMILES string of the molecule is Cc1oc2cc(OC/C=C/c3ccccc3)ccc2c(=O)c1-c1ccc(Cl)cc1. The van der Waals surface area contributed by atoms with Gasteiger partial charge in [-0.15, -0.1) is 0 Å². The van der Waals surface area contributed by atoms with Crippen LogP contribution in [0.4, 0.5) is 0 Å². The molecular weight excluding hydrogens is 384 g/mol. The van der Waals surface area contributed by atoms with E-state index in [4.69, 9.17) is 20.8 Å². The van der Waals surface area contributed by atoms with Crippen LogP contribution in [0.1, 0.15) is 11.3 Å². The lowest BCUT2D eigenvalue weighted by Gasteiger charge is -2.09. The number of hydrogen-bond acceptors (Lipinski definition) is 3. The summed E-state index contributed by atoms with van der Waals surface area (Å²) in [6.07, 6.45) is 3.95. The molecule has 0 aliphatic carbocycles. The molecular formula is C25H19ClO3. The van der Waals surface area contributed by atoms with Crippen LogP contribution in [0.15, 0.2) is 88.1 Å². The summed E-state index contributed by atoms with van der Waals surface area (Å²) in [7, 11) is 0. The van der Waals surface area contributed by atoms with Crippen LogP contribution < -0.4 is 10.2 Å². The largest absolute Gasteiger partial charge is 0.489 e. The quantitative estimate of drug-likeness (QED) is 0.381. The van der Waals surface area contributed by atoms with Crippen LogP contribution in [0.3, 0.4) is 0 Å². The molecule has 29 heavy (non-hydrogen) atoms. The second-order valence-electron chi connectivity index (χ2n) is 6.65. The van der Waals surface area contributed by atoms with Crippen LogP contribution in [-0.2, 0) is 0 Å². The van der Waals surface area contributed by atoms with Gasteiger partial charge in [-0.3, -0.25) is 4.79 Å². The predicted molar refractivity (Wildman–Crippen MR) is 119 cm³/mol. The monoisotopic (exact) mass is 402 g/mol. The normalized spacial score (nSPS) is 11.2. The highest BCUT2D eigenvalue weighted by Gasteiger charge is 2.14. The van der Waals surface area contributed by atoms with Crippen molar-refractivity contribution in [1.29, 1.82) is 0 Å². The van der Waals surface area contributed by atoms with Gasteiger partial charge in [-0.2, -0.15) is 0 Å². The maximum atomic E-state index is 13.0. The van der Waals surface area contributed by atoms with Gasteiger partial charge < -0.3 is 9.15 Å². The Morgan fingerprint density at radius 1 is 1.00 bits per heavy atom. The Hall–Kier alpha value is -3.30. The molecule has 0 N–H and O–H groups in total. The van der Waals surface area contributed by atoms with E-state index in [0.29, 0.717) is 39.7 Å². The van der Waals surface area contributed by atoms with Gasteiger partial charge in [0.05, 0.1) is 10.9 Å². The number of benzene rings is 3. The average molecular weight is 403 g/mol. The summed E-state index contributed by atoms with van der Waals surface area (Å²) >= 11 is 5.96. The second-order valence-corrected chi connectivity index (χ2v) is 7.09. The van der Waals surface area contributed by atoms with Gasteiger partial charge in [0.25, 0.3) is 0 Å². The molecule has 4 rings (SSSR count). The van der Waals surface area contributed by atoms with Crippen LogP contribution in [0.5, 0.6) is 5.75 Å². The summed E-state index contributed by atoms with van der Waals surface area (Å²) in [5, 5.41) is 1.15. The number of fused-ring (bicyclic) bond motifs is 1. The Morgan fingerprint density at radius 2 is 1.76 bits per heavy atom. The van der Waals surface area contributed by atoms with Gasteiger partial charge in [0.2, 0.25) is 5.43 Å². The van der Waals surface area contributed by atoms with Crippen LogP contribution in [0, 0.1) is 6.92 Å². The molecule has 0 saturated carbocycles. The molecule has 0 spiro atoms. The van der Waals surface area contributed by atoms with Gasteiger partial charge >= 0.3 is 0 Å². The van der Waals surface area contributed by atoms with Crippen molar-refractivity contribution in [2.45, 2.75) is 6.92 Å². The third-order valence-corrected chi connectivity index (χ3v) is 4.88. The van der Waals surface area contributed by atoms with Crippen molar-refractivity contribution in [3.05, 3.63) is 105 Å². The van der Waals surface area contributed by atoms with Crippen molar-refractivity contribution in [3.8, 4) is 16.9 Å². The molecule has 3 nitrogen and oxygen atoms in total. The van der Waals surface area contributed by atoms with Crippen molar-refractivity contribution in [1.82, 2.24) is 0 Å². The maximum absolute atomic E-state index is 13.0. The third kappa shape index (κ3) is 4.25. The van der Waals surface area contributed by atoms with Crippen LogP contribution >= 0.6 is 11.6 Å². The summed E-state index contributed by atoms with van der Waals surface area (Å²) in [5.41, 5.74) is 2.89. The number of halogens is 1. The zero-order valence-corrected chi connectivity index (χ0v) is 16.6. The maximum Gasteiger partial charge on any atom is 0.200 e. The van der Waals surface area contributed by atoms with E-state index in [9.17, 15) is 4.79 Å². The highest BCUT2D eigenvalue weighted by molar-refractivity contribution is 6.30. The lowest BCUT2D eigenvalue weighted by Crippen LogP contribution is -2.07. The minimum atomic E-state index is -0.0680. The zero-order valence-electron chi connectivity index (χ0n) is 15.9. The molecule has 0 saturated heterocycles. The summed E-state index contributed by atoms with van der Waals surface area (Å²) in [4.78, 5) is 13.0. The Labute approximate surface area is 173 Å². The molecule has 4 aromatic rings. The topological polar surface area (TPSA) is 39.4 Å². The molecule has 1 heterocycles. The van der Waals surface area contributed by atoms with Crippen LogP contribution in [-0.4, -0.2) is 6.61 Å². The van der Waals surface area contributed by atoms with E-state index >= 15 is 0 Å². The van der Waals surface area contributed by atoms with E-state index in [0.717, 1.165) is 11.1 Å². The van der Waals surface area contributed by atoms with Gasteiger partial charge in [0.15, 0.2) is 0 Å². The highest BCUT2D eigenvalue weighted by atomic mass is 35.5.